The summed E-state index contributed by atoms with van der Waals surface area (Å²) >= 11 is 1.96. The van der Waals surface area contributed by atoms with Gasteiger partial charge in [-0.1, -0.05) is 19.9 Å². The molecule has 1 aromatic carbocycles. The van der Waals surface area contributed by atoms with E-state index >= 15 is 0 Å². The van der Waals surface area contributed by atoms with E-state index in [1.54, 1.807) is 12.1 Å². The average Bonchev–Trinajstić information content (AvgIpc) is 2.34. The molecule has 3 heteroatoms. The predicted molar refractivity (Wildman–Crippen MR) is 79.8 cm³/mol. The fourth-order valence-corrected chi connectivity index (χ4v) is 2.94. The Hall–Kier alpha value is -0.540. The Morgan fingerprint density at radius 2 is 2.06 bits per heavy atom. The summed E-state index contributed by atoms with van der Waals surface area (Å²) in [4.78, 5) is 0. The molecule has 0 spiro atoms. The minimum absolute atomic E-state index is 0.147. The highest BCUT2D eigenvalue weighted by Gasteiger charge is 2.13. The molecule has 1 unspecified atom stereocenters. The second-order valence-electron chi connectivity index (χ2n) is 4.58. The molecule has 18 heavy (non-hydrogen) atoms. The number of rotatable bonds is 8. The molecule has 1 N–H and O–H groups in total. The van der Waals surface area contributed by atoms with E-state index in [1.165, 1.54) is 17.7 Å². The highest BCUT2D eigenvalue weighted by molar-refractivity contribution is 7.99. The summed E-state index contributed by atoms with van der Waals surface area (Å²) < 4.78 is 13.1. The highest BCUT2D eigenvalue weighted by Crippen LogP contribution is 2.23. The zero-order chi connectivity index (χ0) is 13.4. The van der Waals surface area contributed by atoms with Gasteiger partial charge in [0.15, 0.2) is 0 Å². The van der Waals surface area contributed by atoms with Crippen LogP contribution in [0.1, 0.15) is 43.9 Å². The van der Waals surface area contributed by atoms with Crippen molar-refractivity contribution in [3.05, 3.63) is 35.1 Å². The maximum absolute atomic E-state index is 13.1. The van der Waals surface area contributed by atoms with Gasteiger partial charge in [-0.2, -0.15) is 11.8 Å². The number of hydrogen-bond donors (Lipinski definition) is 1. The van der Waals surface area contributed by atoms with Gasteiger partial charge in [-0.25, -0.2) is 4.39 Å². The van der Waals surface area contributed by atoms with Crippen molar-refractivity contribution in [1.82, 2.24) is 5.32 Å². The van der Waals surface area contributed by atoms with Crippen LogP contribution in [0.3, 0.4) is 0 Å². The first-order chi connectivity index (χ1) is 8.69. The van der Waals surface area contributed by atoms with Gasteiger partial charge in [-0.3, -0.25) is 0 Å². The summed E-state index contributed by atoms with van der Waals surface area (Å²) in [6.45, 7) is 7.36. The van der Waals surface area contributed by atoms with E-state index < -0.39 is 0 Å². The summed E-state index contributed by atoms with van der Waals surface area (Å²) in [5.74, 6) is 2.09. The molecule has 0 bridgehead atoms. The van der Waals surface area contributed by atoms with Gasteiger partial charge in [-0.05, 0) is 55.3 Å². The topological polar surface area (TPSA) is 12.0 Å². The van der Waals surface area contributed by atoms with E-state index in [1.807, 2.05) is 24.8 Å². The lowest BCUT2D eigenvalue weighted by Gasteiger charge is -2.20. The normalized spacial score (nSPS) is 12.7. The predicted octanol–water partition coefficient (Wildman–Crippen LogP) is 4.32. The number of benzene rings is 1. The number of halogens is 1. The molecule has 0 heterocycles. The Bertz CT molecular complexity index is 354. The molecule has 0 aliphatic rings. The Morgan fingerprint density at radius 3 is 2.67 bits per heavy atom. The largest absolute Gasteiger partial charge is 0.309 e. The number of nitrogens with one attached hydrogen (secondary N) is 1. The van der Waals surface area contributed by atoms with Gasteiger partial charge in [0.25, 0.3) is 0 Å². The molecule has 102 valence electrons. The lowest BCUT2D eigenvalue weighted by molar-refractivity contribution is 0.571. The van der Waals surface area contributed by atoms with Crippen LogP contribution in [0, 0.1) is 12.7 Å². The lowest BCUT2D eigenvalue weighted by atomic mass is 10.0. The van der Waals surface area contributed by atoms with E-state index in [2.05, 4.69) is 19.2 Å². The Morgan fingerprint density at radius 1 is 1.28 bits per heavy atom. The van der Waals surface area contributed by atoms with E-state index in [0.29, 0.717) is 6.04 Å². The molecule has 0 saturated heterocycles. The summed E-state index contributed by atoms with van der Waals surface area (Å²) in [5, 5.41) is 3.56. The van der Waals surface area contributed by atoms with Crippen LogP contribution in [0.15, 0.2) is 18.2 Å². The third-order valence-corrected chi connectivity index (χ3v) is 4.15. The quantitative estimate of drug-likeness (QED) is 0.705. The fourth-order valence-electron chi connectivity index (χ4n) is 1.95. The number of thioether (sulfide) groups is 1. The van der Waals surface area contributed by atoms with Crippen LogP contribution < -0.4 is 5.32 Å². The molecule has 0 aliphatic carbocycles. The van der Waals surface area contributed by atoms with Crippen molar-refractivity contribution in [1.29, 1.82) is 0 Å². The Kier molecular flexibility index (Phi) is 7.36. The third kappa shape index (κ3) is 4.99. The fraction of sp³-hybridized carbons (Fsp3) is 0.600. The first-order valence-electron chi connectivity index (χ1n) is 6.76. The van der Waals surface area contributed by atoms with Gasteiger partial charge in [0, 0.05) is 11.8 Å². The van der Waals surface area contributed by atoms with Crippen molar-refractivity contribution in [3.63, 3.8) is 0 Å². The average molecular weight is 269 g/mol. The van der Waals surface area contributed by atoms with Crippen molar-refractivity contribution < 1.29 is 4.39 Å². The zero-order valence-corrected chi connectivity index (χ0v) is 12.4. The molecule has 1 aromatic rings. The standard InChI is InChI=1S/C15H24FNS/c1-4-8-17-15(11-18-9-5-2)14-7-6-13(16)10-12(14)3/h6-7,10,15,17H,4-5,8-9,11H2,1-3H3. The zero-order valence-electron chi connectivity index (χ0n) is 11.6. The van der Waals surface area contributed by atoms with Crippen molar-refractivity contribution >= 4 is 11.8 Å². The van der Waals surface area contributed by atoms with Crippen LogP contribution in [-0.2, 0) is 0 Å². The van der Waals surface area contributed by atoms with Gasteiger partial charge >= 0.3 is 0 Å². The van der Waals surface area contributed by atoms with E-state index in [9.17, 15) is 4.39 Å². The molecular weight excluding hydrogens is 245 g/mol. The van der Waals surface area contributed by atoms with Crippen molar-refractivity contribution in [3.8, 4) is 0 Å². The van der Waals surface area contributed by atoms with Crippen LogP contribution >= 0.6 is 11.8 Å². The number of aryl methyl sites for hydroxylation is 1. The molecular formula is C15H24FNS. The van der Waals surface area contributed by atoms with E-state index in [0.717, 1.165) is 24.3 Å². The van der Waals surface area contributed by atoms with E-state index in [4.69, 9.17) is 0 Å². The maximum Gasteiger partial charge on any atom is 0.123 e. The van der Waals surface area contributed by atoms with Crippen molar-refractivity contribution in [2.45, 2.75) is 39.7 Å². The van der Waals surface area contributed by atoms with Gasteiger partial charge in [0.1, 0.15) is 5.82 Å². The molecule has 0 amide bonds. The van der Waals surface area contributed by atoms with Gasteiger partial charge in [0.2, 0.25) is 0 Å². The summed E-state index contributed by atoms with van der Waals surface area (Å²) in [7, 11) is 0. The smallest absolute Gasteiger partial charge is 0.123 e. The minimum Gasteiger partial charge on any atom is -0.309 e. The summed E-state index contributed by atoms with van der Waals surface area (Å²) in [5.41, 5.74) is 2.27. The highest BCUT2D eigenvalue weighted by atomic mass is 32.2. The van der Waals surface area contributed by atoms with Crippen molar-refractivity contribution in [2.75, 3.05) is 18.1 Å². The molecule has 0 radical (unpaired) electrons. The molecule has 1 rings (SSSR count). The molecule has 0 aliphatic heterocycles. The van der Waals surface area contributed by atoms with E-state index in [-0.39, 0.29) is 5.82 Å². The van der Waals surface area contributed by atoms with Crippen LogP contribution in [0.2, 0.25) is 0 Å². The third-order valence-electron chi connectivity index (χ3n) is 2.88. The van der Waals surface area contributed by atoms with Crippen LogP contribution in [0.4, 0.5) is 4.39 Å². The second-order valence-corrected chi connectivity index (χ2v) is 5.73. The maximum atomic E-state index is 13.1. The molecule has 0 saturated carbocycles. The second kappa shape index (κ2) is 8.54. The molecule has 1 nitrogen and oxygen atoms in total. The lowest BCUT2D eigenvalue weighted by Crippen LogP contribution is -2.25. The van der Waals surface area contributed by atoms with Gasteiger partial charge in [0.05, 0.1) is 0 Å². The van der Waals surface area contributed by atoms with Gasteiger partial charge in [-0.15, -0.1) is 0 Å². The van der Waals surface area contributed by atoms with Crippen LogP contribution in [-0.4, -0.2) is 18.1 Å². The Labute approximate surface area is 115 Å². The molecule has 1 atom stereocenters. The minimum atomic E-state index is -0.147. The Balaban J connectivity index is 2.73. The molecule has 0 aromatic heterocycles. The van der Waals surface area contributed by atoms with Crippen LogP contribution in [0.5, 0.6) is 0 Å². The van der Waals surface area contributed by atoms with Gasteiger partial charge < -0.3 is 5.32 Å². The molecule has 0 fully saturated rings. The summed E-state index contributed by atoms with van der Waals surface area (Å²) in [6, 6.07) is 5.44. The monoisotopic (exact) mass is 269 g/mol. The summed E-state index contributed by atoms with van der Waals surface area (Å²) in [6.07, 6.45) is 2.32. The van der Waals surface area contributed by atoms with Crippen molar-refractivity contribution in [2.24, 2.45) is 0 Å². The first-order valence-corrected chi connectivity index (χ1v) is 7.91. The number of hydrogen-bond acceptors (Lipinski definition) is 2. The van der Waals surface area contributed by atoms with Crippen LogP contribution in [0.25, 0.3) is 0 Å². The SMILES string of the molecule is CCCNC(CSCCC)c1ccc(F)cc1C. The first kappa shape index (κ1) is 15.5.